The highest BCUT2D eigenvalue weighted by atomic mass is 32.1. The van der Waals surface area contributed by atoms with Gasteiger partial charge in [-0.1, -0.05) is 12.1 Å². The lowest BCUT2D eigenvalue weighted by atomic mass is 10.0. The number of benzene rings is 1. The molecule has 1 amide bonds. The molecule has 1 unspecified atom stereocenters. The van der Waals surface area contributed by atoms with Crippen LogP contribution >= 0.6 is 11.3 Å². The largest absolute Gasteiger partial charge is 0.507 e. The summed E-state index contributed by atoms with van der Waals surface area (Å²) in [5.41, 5.74) is 1.03. The van der Waals surface area contributed by atoms with Crippen molar-refractivity contribution < 1.29 is 19.4 Å². The third-order valence-electron chi connectivity index (χ3n) is 4.62. The van der Waals surface area contributed by atoms with E-state index in [0.717, 1.165) is 4.88 Å². The van der Waals surface area contributed by atoms with E-state index in [0.29, 0.717) is 23.6 Å². The fourth-order valence-corrected chi connectivity index (χ4v) is 4.19. The first-order valence-corrected chi connectivity index (χ1v) is 9.97. The number of pyridine rings is 1. The number of anilines is 1. The van der Waals surface area contributed by atoms with Gasteiger partial charge in [0, 0.05) is 34.6 Å². The normalized spacial score (nSPS) is 18.2. The number of carbonyl (C=O) groups is 2. The number of amides is 1. The summed E-state index contributed by atoms with van der Waals surface area (Å²) in [6.07, 6.45) is 3.05. The molecule has 0 saturated carbocycles. The maximum absolute atomic E-state index is 13.0. The molecule has 1 aliphatic heterocycles. The van der Waals surface area contributed by atoms with E-state index in [9.17, 15) is 14.7 Å². The summed E-state index contributed by atoms with van der Waals surface area (Å²) in [4.78, 5) is 32.1. The van der Waals surface area contributed by atoms with Gasteiger partial charge in [0.05, 0.1) is 12.2 Å². The van der Waals surface area contributed by atoms with Crippen LogP contribution in [0.25, 0.3) is 5.76 Å². The summed E-state index contributed by atoms with van der Waals surface area (Å²) in [5.74, 6) is -1.02. The maximum atomic E-state index is 13.0. The van der Waals surface area contributed by atoms with Crippen LogP contribution in [0.1, 0.15) is 23.4 Å². The topological polar surface area (TPSA) is 79.7 Å². The van der Waals surface area contributed by atoms with Crippen LogP contribution in [0.4, 0.5) is 5.69 Å². The van der Waals surface area contributed by atoms with Crippen molar-refractivity contribution in [2.24, 2.45) is 0 Å². The number of aromatic nitrogens is 1. The molecule has 1 fully saturated rings. The SMILES string of the molecule is CCOc1cccc(N2C(=O)C(=O)/C(=C(\O)c3ccncc3)C2c2cccs2)c1. The lowest BCUT2D eigenvalue weighted by molar-refractivity contribution is -0.132. The zero-order chi connectivity index (χ0) is 20.4. The van der Waals surface area contributed by atoms with E-state index in [2.05, 4.69) is 4.98 Å². The Labute approximate surface area is 171 Å². The molecule has 2 aromatic heterocycles. The monoisotopic (exact) mass is 406 g/mol. The van der Waals surface area contributed by atoms with Crippen LogP contribution in [0.15, 0.2) is 71.9 Å². The Kier molecular flexibility index (Phi) is 5.14. The van der Waals surface area contributed by atoms with Gasteiger partial charge in [-0.3, -0.25) is 19.5 Å². The number of ketones is 1. The summed E-state index contributed by atoms with van der Waals surface area (Å²) in [6.45, 7) is 2.36. The van der Waals surface area contributed by atoms with Crippen molar-refractivity contribution in [1.82, 2.24) is 4.98 Å². The Morgan fingerprint density at radius 3 is 2.66 bits per heavy atom. The lowest BCUT2D eigenvalue weighted by Gasteiger charge is -2.24. The molecule has 1 N–H and O–H groups in total. The van der Waals surface area contributed by atoms with Gasteiger partial charge < -0.3 is 9.84 Å². The van der Waals surface area contributed by atoms with E-state index in [1.54, 1.807) is 36.4 Å². The number of ether oxygens (including phenoxy) is 1. The van der Waals surface area contributed by atoms with E-state index in [1.807, 2.05) is 24.4 Å². The molecule has 146 valence electrons. The van der Waals surface area contributed by atoms with Gasteiger partial charge in [-0.15, -0.1) is 11.3 Å². The predicted octanol–water partition coefficient (Wildman–Crippen LogP) is 4.17. The van der Waals surface area contributed by atoms with Crippen molar-refractivity contribution in [3.05, 3.63) is 82.3 Å². The summed E-state index contributed by atoms with van der Waals surface area (Å²) < 4.78 is 5.55. The smallest absolute Gasteiger partial charge is 0.300 e. The number of thiophene rings is 1. The molecule has 1 atom stereocenters. The summed E-state index contributed by atoms with van der Waals surface area (Å²) >= 11 is 1.42. The molecule has 1 aromatic carbocycles. The minimum absolute atomic E-state index is 0.0606. The van der Waals surface area contributed by atoms with Gasteiger partial charge in [0.15, 0.2) is 0 Å². The zero-order valence-corrected chi connectivity index (χ0v) is 16.4. The number of aliphatic hydroxyl groups excluding tert-OH is 1. The van der Waals surface area contributed by atoms with E-state index in [1.165, 1.54) is 28.6 Å². The molecule has 0 aliphatic carbocycles. The van der Waals surface area contributed by atoms with Crippen LogP contribution in [-0.2, 0) is 9.59 Å². The third kappa shape index (κ3) is 3.40. The predicted molar refractivity (Wildman–Crippen MR) is 111 cm³/mol. The minimum Gasteiger partial charge on any atom is -0.507 e. The second-order valence-corrected chi connectivity index (χ2v) is 7.33. The highest BCUT2D eigenvalue weighted by Gasteiger charge is 2.47. The van der Waals surface area contributed by atoms with Crippen molar-refractivity contribution in [2.75, 3.05) is 11.5 Å². The minimum atomic E-state index is -0.723. The quantitative estimate of drug-likeness (QED) is 0.391. The standard InChI is InChI=1S/C22H18N2O4S/c1-2-28-16-6-3-5-15(13-16)24-19(17-7-4-12-29-17)18(21(26)22(24)27)20(25)14-8-10-23-11-9-14/h3-13,19,25H,2H2,1H3/b20-18-. The molecule has 3 aromatic rings. The molecular weight excluding hydrogens is 388 g/mol. The lowest BCUT2D eigenvalue weighted by Crippen LogP contribution is -2.29. The molecular formula is C22H18N2O4S. The van der Waals surface area contributed by atoms with Gasteiger partial charge in [0.1, 0.15) is 17.6 Å². The summed E-state index contributed by atoms with van der Waals surface area (Å²) in [5, 5.41) is 12.8. The first kappa shape index (κ1) is 18.9. The van der Waals surface area contributed by atoms with E-state index in [-0.39, 0.29) is 11.3 Å². The van der Waals surface area contributed by atoms with Gasteiger partial charge in [0.25, 0.3) is 11.7 Å². The highest BCUT2D eigenvalue weighted by Crippen LogP contribution is 2.44. The number of Topliss-reactive ketones (excluding diaryl/α,β-unsaturated/α-hetero) is 1. The van der Waals surface area contributed by atoms with Crippen molar-refractivity contribution in [3.63, 3.8) is 0 Å². The second-order valence-electron chi connectivity index (χ2n) is 6.35. The number of hydrogen-bond acceptors (Lipinski definition) is 6. The molecule has 1 aliphatic rings. The van der Waals surface area contributed by atoms with Crippen LogP contribution in [0, 0.1) is 0 Å². The Morgan fingerprint density at radius 1 is 1.17 bits per heavy atom. The van der Waals surface area contributed by atoms with Crippen LogP contribution in [-0.4, -0.2) is 28.4 Å². The number of hydrogen-bond donors (Lipinski definition) is 1. The van der Waals surface area contributed by atoms with Crippen LogP contribution in [0.2, 0.25) is 0 Å². The molecule has 6 nitrogen and oxygen atoms in total. The van der Waals surface area contributed by atoms with E-state index >= 15 is 0 Å². The van der Waals surface area contributed by atoms with Crippen molar-refractivity contribution in [3.8, 4) is 5.75 Å². The number of carbonyl (C=O) groups excluding carboxylic acids is 2. The molecule has 0 spiro atoms. The molecule has 0 radical (unpaired) electrons. The first-order chi connectivity index (χ1) is 14.1. The van der Waals surface area contributed by atoms with Gasteiger partial charge in [-0.25, -0.2) is 0 Å². The van der Waals surface area contributed by atoms with E-state index < -0.39 is 17.7 Å². The highest BCUT2D eigenvalue weighted by molar-refractivity contribution is 7.10. The first-order valence-electron chi connectivity index (χ1n) is 9.09. The van der Waals surface area contributed by atoms with Crippen molar-refractivity contribution in [2.45, 2.75) is 13.0 Å². The number of rotatable bonds is 5. The average Bonchev–Trinajstić information content (AvgIpc) is 3.36. The number of aliphatic hydroxyl groups is 1. The van der Waals surface area contributed by atoms with Crippen LogP contribution in [0.3, 0.4) is 0 Å². The Balaban J connectivity index is 1.89. The Bertz CT molecular complexity index is 1080. The zero-order valence-electron chi connectivity index (χ0n) is 15.6. The van der Waals surface area contributed by atoms with Crippen molar-refractivity contribution >= 4 is 34.5 Å². The molecule has 7 heteroatoms. The third-order valence-corrected chi connectivity index (χ3v) is 5.54. The summed E-state index contributed by atoms with van der Waals surface area (Å²) in [7, 11) is 0. The molecule has 1 saturated heterocycles. The molecule has 0 bridgehead atoms. The van der Waals surface area contributed by atoms with Crippen molar-refractivity contribution in [1.29, 1.82) is 0 Å². The fourth-order valence-electron chi connectivity index (χ4n) is 3.37. The number of nitrogens with zero attached hydrogens (tertiary/aromatic N) is 2. The van der Waals surface area contributed by atoms with Gasteiger partial charge in [0.2, 0.25) is 0 Å². The summed E-state index contributed by atoms with van der Waals surface area (Å²) in [6, 6.07) is 13.2. The maximum Gasteiger partial charge on any atom is 0.300 e. The second kappa shape index (κ2) is 7.89. The van der Waals surface area contributed by atoms with E-state index in [4.69, 9.17) is 4.74 Å². The van der Waals surface area contributed by atoms with Crippen LogP contribution < -0.4 is 9.64 Å². The molecule has 4 rings (SSSR count). The molecule has 29 heavy (non-hydrogen) atoms. The molecule has 3 heterocycles. The fraction of sp³-hybridized carbons (Fsp3) is 0.136. The van der Waals surface area contributed by atoms with Gasteiger partial charge in [-0.05, 0) is 42.6 Å². The average molecular weight is 406 g/mol. The Hall–Kier alpha value is -3.45. The van der Waals surface area contributed by atoms with Crippen LogP contribution in [0.5, 0.6) is 5.75 Å². The van der Waals surface area contributed by atoms with Gasteiger partial charge in [-0.2, -0.15) is 0 Å². The van der Waals surface area contributed by atoms with Gasteiger partial charge >= 0.3 is 0 Å². The Morgan fingerprint density at radius 2 is 1.97 bits per heavy atom.